The van der Waals surface area contributed by atoms with Crippen LogP contribution in [-0.4, -0.2) is 18.9 Å². The van der Waals surface area contributed by atoms with E-state index in [1.165, 1.54) is 12.8 Å². The van der Waals surface area contributed by atoms with Gasteiger partial charge in [0.1, 0.15) is 0 Å². The lowest BCUT2D eigenvalue weighted by atomic mass is 10.1. The summed E-state index contributed by atoms with van der Waals surface area (Å²) in [6, 6.07) is 7.45. The summed E-state index contributed by atoms with van der Waals surface area (Å²) in [7, 11) is 0. The van der Waals surface area contributed by atoms with Gasteiger partial charge in [0, 0.05) is 11.4 Å². The van der Waals surface area contributed by atoms with Crippen molar-refractivity contribution in [2.24, 2.45) is 5.92 Å². The highest BCUT2D eigenvalue weighted by Gasteiger charge is 2.20. The van der Waals surface area contributed by atoms with Crippen molar-refractivity contribution in [3.8, 4) is 0 Å². The molecular weight excluding hydrogens is 222 g/mol. The zero-order valence-electron chi connectivity index (χ0n) is 9.21. The molecule has 16 heavy (non-hydrogen) atoms. The predicted molar refractivity (Wildman–Crippen MR) is 65.8 cm³/mol. The molecule has 0 spiro atoms. The SMILES string of the molecule is O=C(CNCC1CC1)Cc1ccc(Cl)cc1. The molecule has 0 heterocycles. The molecule has 2 rings (SSSR count). The van der Waals surface area contributed by atoms with Crippen LogP contribution in [0.4, 0.5) is 0 Å². The Labute approximate surface area is 101 Å². The number of rotatable bonds is 6. The topological polar surface area (TPSA) is 29.1 Å². The number of hydrogen-bond donors (Lipinski definition) is 1. The number of carbonyl (C=O) groups excluding carboxylic acids is 1. The molecule has 1 saturated carbocycles. The molecule has 3 heteroatoms. The standard InChI is InChI=1S/C13H16ClNO/c14-12-5-3-10(4-6-12)7-13(16)9-15-8-11-1-2-11/h3-6,11,15H,1-2,7-9H2. The number of ketones is 1. The molecule has 1 aromatic rings. The molecule has 0 saturated heterocycles. The van der Waals surface area contributed by atoms with Crippen LogP contribution in [0.25, 0.3) is 0 Å². The van der Waals surface area contributed by atoms with Gasteiger partial charge in [-0.2, -0.15) is 0 Å². The summed E-state index contributed by atoms with van der Waals surface area (Å²) in [4.78, 5) is 11.6. The minimum atomic E-state index is 0.239. The normalized spacial score (nSPS) is 15.1. The summed E-state index contributed by atoms with van der Waals surface area (Å²) < 4.78 is 0. The van der Waals surface area contributed by atoms with Gasteiger partial charge in [-0.25, -0.2) is 0 Å². The van der Waals surface area contributed by atoms with E-state index in [-0.39, 0.29) is 5.78 Å². The fraction of sp³-hybridized carbons (Fsp3) is 0.462. The molecule has 0 radical (unpaired) electrons. The molecule has 0 unspecified atom stereocenters. The molecule has 0 aromatic heterocycles. The molecule has 0 bridgehead atoms. The van der Waals surface area contributed by atoms with Crippen LogP contribution in [0.5, 0.6) is 0 Å². The second-order valence-electron chi connectivity index (χ2n) is 4.42. The zero-order valence-corrected chi connectivity index (χ0v) is 9.96. The number of nitrogens with one attached hydrogen (secondary N) is 1. The molecule has 0 atom stereocenters. The number of hydrogen-bond acceptors (Lipinski definition) is 2. The van der Waals surface area contributed by atoms with Crippen LogP contribution < -0.4 is 5.32 Å². The van der Waals surface area contributed by atoms with Crippen molar-refractivity contribution < 1.29 is 4.79 Å². The van der Waals surface area contributed by atoms with Crippen LogP contribution in [0, 0.1) is 5.92 Å². The first-order chi connectivity index (χ1) is 7.74. The number of Topliss-reactive ketones (excluding diaryl/α,β-unsaturated/α-hetero) is 1. The van der Waals surface area contributed by atoms with Crippen molar-refractivity contribution in [3.05, 3.63) is 34.9 Å². The van der Waals surface area contributed by atoms with Crippen molar-refractivity contribution in [1.82, 2.24) is 5.32 Å². The van der Waals surface area contributed by atoms with E-state index in [9.17, 15) is 4.79 Å². The summed E-state index contributed by atoms with van der Waals surface area (Å²) in [5.41, 5.74) is 1.03. The Hall–Kier alpha value is -0.860. The fourth-order valence-electron chi connectivity index (χ4n) is 1.63. The maximum absolute atomic E-state index is 11.6. The van der Waals surface area contributed by atoms with Gasteiger partial charge in [0.2, 0.25) is 0 Å². The van der Waals surface area contributed by atoms with Crippen LogP contribution in [0.15, 0.2) is 24.3 Å². The van der Waals surface area contributed by atoms with E-state index in [1.54, 1.807) is 0 Å². The average molecular weight is 238 g/mol. The molecule has 1 fully saturated rings. The smallest absolute Gasteiger partial charge is 0.150 e. The van der Waals surface area contributed by atoms with Gasteiger partial charge in [-0.05, 0) is 43.0 Å². The van der Waals surface area contributed by atoms with E-state index >= 15 is 0 Å². The Balaban J connectivity index is 1.70. The van der Waals surface area contributed by atoms with Crippen molar-refractivity contribution >= 4 is 17.4 Å². The van der Waals surface area contributed by atoms with Gasteiger partial charge in [-0.15, -0.1) is 0 Å². The molecular formula is C13H16ClNO. The van der Waals surface area contributed by atoms with Gasteiger partial charge in [0.15, 0.2) is 5.78 Å². The average Bonchev–Trinajstić information content (AvgIpc) is 3.05. The first kappa shape index (κ1) is 11.6. The van der Waals surface area contributed by atoms with Gasteiger partial charge in [-0.3, -0.25) is 4.79 Å². The summed E-state index contributed by atoms with van der Waals surface area (Å²) in [6.07, 6.45) is 3.13. The van der Waals surface area contributed by atoms with Gasteiger partial charge >= 0.3 is 0 Å². The quantitative estimate of drug-likeness (QED) is 0.824. The van der Waals surface area contributed by atoms with Crippen LogP contribution in [0.1, 0.15) is 18.4 Å². The van der Waals surface area contributed by atoms with E-state index in [2.05, 4.69) is 5.32 Å². The Morgan fingerprint density at radius 1 is 1.31 bits per heavy atom. The van der Waals surface area contributed by atoms with Crippen LogP contribution in [0.3, 0.4) is 0 Å². The summed E-state index contributed by atoms with van der Waals surface area (Å²) in [5.74, 6) is 1.06. The third-order valence-corrected chi connectivity index (χ3v) is 3.02. The fourth-order valence-corrected chi connectivity index (χ4v) is 1.76. The van der Waals surface area contributed by atoms with Crippen LogP contribution in [-0.2, 0) is 11.2 Å². The van der Waals surface area contributed by atoms with Crippen LogP contribution >= 0.6 is 11.6 Å². The molecule has 1 N–H and O–H groups in total. The summed E-state index contributed by atoms with van der Waals surface area (Å²) >= 11 is 5.78. The maximum atomic E-state index is 11.6. The van der Waals surface area contributed by atoms with E-state index in [1.807, 2.05) is 24.3 Å². The van der Waals surface area contributed by atoms with E-state index in [0.717, 1.165) is 18.0 Å². The van der Waals surface area contributed by atoms with E-state index in [4.69, 9.17) is 11.6 Å². The Bertz CT molecular complexity index is 357. The van der Waals surface area contributed by atoms with Gasteiger partial charge in [0.05, 0.1) is 6.54 Å². The largest absolute Gasteiger partial charge is 0.310 e. The second-order valence-corrected chi connectivity index (χ2v) is 4.85. The minimum absolute atomic E-state index is 0.239. The van der Waals surface area contributed by atoms with Gasteiger partial charge < -0.3 is 5.32 Å². The third kappa shape index (κ3) is 3.95. The number of benzene rings is 1. The Morgan fingerprint density at radius 2 is 2.00 bits per heavy atom. The maximum Gasteiger partial charge on any atom is 0.150 e. The summed E-state index contributed by atoms with van der Waals surface area (Å²) in [5, 5.41) is 3.91. The molecule has 1 aromatic carbocycles. The second kappa shape index (κ2) is 5.46. The number of carbonyl (C=O) groups is 1. The Morgan fingerprint density at radius 3 is 2.62 bits per heavy atom. The van der Waals surface area contributed by atoms with Crippen molar-refractivity contribution in [1.29, 1.82) is 0 Å². The lowest BCUT2D eigenvalue weighted by molar-refractivity contribution is -0.117. The van der Waals surface area contributed by atoms with Gasteiger partial charge in [0.25, 0.3) is 0 Å². The lowest BCUT2D eigenvalue weighted by Gasteiger charge is -2.03. The highest BCUT2D eigenvalue weighted by atomic mass is 35.5. The Kier molecular flexibility index (Phi) is 3.97. The van der Waals surface area contributed by atoms with Crippen molar-refractivity contribution in [2.45, 2.75) is 19.3 Å². The van der Waals surface area contributed by atoms with Crippen LogP contribution in [0.2, 0.25) is 5.02 Å². The van der Waals surface area contributed by atoms with E-state index < -0.39 is 0 Å². The molecule has 0 aliphatic heterocycles. The van der Waals surface area contributed by atoms with Crippen molar-refractivity contribution in [3.63, 3.8) is 0 Å². The van der Waals surface area contributed by atoms with Gasteiger partial charge in [-0.1, -0.05) is 23.7 Å². The lowest BCUT2D eigenvalue weighted by Crippen LogP contribution is -2.26. The highest BCUT2D eigenvalue weighted by molar-refractivity contribution is 6.30. The predicted octanol–water partition coefficient (Wildman–Crippen LogP) is 2.45. The molecule has 1 aliphatic rings. The number of halogens is 1. The first-order valence-corrected chi connectivity index (χ1v) is 6.08. The third-order valence-electron chi connectivity index (χ3n) is 2.77. The summed E-state index contributed by atoms with van der Waals surface area (Å²) in [6.45, 7) is 1.48. The first-order valence-electron chi connectivity index (χ1n) is 5.71. The minimum Gasteiger partial charge on any atom is -0.310 e. The molecule has 1 aliphatic carbocycles. The highest BCUT2D eigenvalue weighted by Crippen LogP contribution is 2.27. The van der Waals surface area contributed by atoms with E-state index in [0.29, 0.717) is 18.0 Å². The molecule has 2 nitrogen and oxygen atoms in total. The zero-order chi connectivity index (χ0) is 11.4. The molecule has 0 amide bonds. The monoisotopic (exact) mass is 237 g/mol. The van der Waals surface area contributed by atoms with Crippen molar-refractivity contribution in [2.75, 3.05) is 13.1 Å². The molecule has 86 valence electrons.